The second-order valence-electron chi connectivity index (χ2n) is 9.22. The quantitative estimate of drug-likeness (QED) is 0.548. The molecule has 166 valence electrons. The van der Waals surface area contributed by atoms with Gasteiger partial charge in [0.05, 0.1) is 6.04 Å². The van der Waals surface area contributed by atoms with Crippen LogP contribution in [0.1, 0.15) is 68.1 Å². The van der Waals surface area contributed by atoms with Crippen LogP contribution in [0.3, 0.4) is 0 Å². The molecule has 31 heavy (non-hydrogen) atoms. The summed E-state index contributed by atoms with van der Waals surface area (Å²) in [4.78, 5) is 30.9. The zero-order chi connectivity index (χ0) is 22.6. The maximum Gasteiger partial charge on any atom is 0.243 e. The van der Waals surface area contributed by atoms with Gasteiger partial charge in [0.1, 0.15) is 6.54 Å². The number of thiophene rings is 1. The molecule has 0 aliphatic carbocycles. The Morgan fingerprint density at radius 1 is 1.23 bits per heavy atom. The first-order chi connectivity index (χ1) is 14.8. The number of carbonyl (C=O) groups excluding carboxylic acids is 2. The van der Waals surface area contributed by atoms with Crippen molar-refractivity contribution in [1.29, 1.82) is 0 Å². The van der Waals surface area contributed by atoms with Gasteiger partial charge >= 0.3 is 0 Å². The lowest BCUT2D eigenvalue weighted by atomic mass is 9.85. The van der Waals surface area contributed by atoms with Gasteiger partial charge in [-0.25, -0.2) is 0 Å². The highest BCUT2D eigenvalue weighted by Crippen LogP contribution is 2.38. The first-order valence-electron chi connectivity index (χ1n) is 11.1. The highest BCUT2D eigenvalue weighted by molar-refractivity contribution is 7.10. The number of rotatable bonds is 7. The highest BCUT2D eigenvalue weighted by atomic mass is 32.1. The first kappa shape index (κ1) is 23.3. The van der Waals surface area contributed by atoms with Gasteiger partial charge in [0.25, 0.3) is 0 Å². The molecular weight excluding hydrogens is 404 g/mol. The van der Waals surface area contributed by atoms with Crippen LogP contribution >= 0.6 is 11.3 Å². The van der Waals surface area contributed by atoms with E-state index in [0.717, 1.165) is 18.4 Å². The average Bonchev–Trinajstić information content (AvgIpc) is 3.21. The third kappa shape index (κ3) is 5.27. The number of hydrogen-bond acceptors (Lipinski definition) is 3. The Bertz CT molecular complexity index is 924. The Labute approximate surface area is 190 Å². The van der Waals surface area contributed by atoms with E-state index in [2.05, 4.69) is 63.1 Å². The van der Waals surface area contributed by atoms with Gasteiger partial charge in [-0.2, -0.15) is 0 Å². The fourth-order valence-electron chi connectivity index (χ4n) is 4.15. The monoisotopic (exact) mass is 438 g/mol. The molecule has 0 fully saturated rings. The maximum atomic E-state index is 13.4. The molecule has 5 heteroatoms. The zero-order valence-corrected chi connectivity index (χ0v) is 20.0. The molecule has 0 N–H and O–H groups in total. The lowest BCUT2D eigenvalue weighted by Gasteiger charge is -2.37. The van der Waals surface area contributed by atoms with Crippen molar-refractivity contribution in [2.75, 3.05) is 19.6 Å². The van der Waals surface area contributed by atoms with Gasteiger partial charge in [-0.05, 0) is 46.4 Å². The second-order valence-corrected chi connectivity index (χ2v) is 10.2. The van der Waals surface area contributed by atoms with E-state index < -0.39 is 0 Å². The van der Waals surface area contributed by atoms with E-state index in [1.807, 2.05) is 11.8 Å². The number of fused-ring (bicyclic) bond motifs is 1. The topological polar surface area (TPSA) is 40.6 Å². The van der Waals surface area contributed by atoms with E-state index in [0.29, 0.717) is 19.5 Å². The van der Waals surface area contributed by atoms with Gasteiger partial charge in [-0.15, -0.1) is 17.9 Å². The smallest absolute Gasteiger partial charge is 0.243 e. The SMILES string of the molecule is C=CCN(CC(=O)N1CCc2sccc2C1c1ccc(C(C)(C)C)cc1)C(=O)CCC. The van der Waals surface area contributed by atoms with Crippen molar-refractivity contribution in [2.45, 2.75) is 58.4 Å². The predicted octanol–water partition coefficient (Wildman–Crippen LogP) is 5.33. The molecule has 2 aromatic rings. The van der Waals surface area contributed by atoms with Crippen molar-refractivity contribution in [2.24, 2.45) is 0 Å². The third-order valence-corrected chi connectivity index (χ3v) is 6.87. The summed E-state index contributed by atoms with van der Waals surface area (Å²) in [5, 5.41) is 2.12. The molecule has 3 rings (SSSR count). The zero-order valence-electron chi connectivity index (χ0n) is 19.2. The second kappa shape index (κ2) is 9.82. The summed E-state index contributed by atoms with van der Waals surface area (Å²) < 4.78 is 0. The predicted molar refractivity (Wildman–Crippen MR) is 128 cm³/mol. The minimum Gasteiger partial charge on any atom is -0.330 e. The minimum atomic E-state index is -0.108. The lowest BCUT2D eigenvalue weighted by molar-refractivity contribution is -0.141. The van der Waals surface area contributed by atoms with Crippen LogP contribution in [-0.4, -0.2) is 41.2 Å². The third-order valence-electron chi connectivity index (χ3n) is 5.87. The van der Waals surface area contributed by atoms with Crippen molar-refractivity contribution in [3.63, 3.8) is 0 Å². The number of amides is 2. The fraction of sp³-hybridized carbons (Fsp3) is 0.462. The van der Waals surface area contributed by atoms with Crippen molar-refractivity contribution >= 4 is 23.2 Å². The summed E-state index contributed by atoms with van der Waals surface area (Å²) in [6.45, 7) is 13.5. The van der Waals surface area contributed by atoms with Gasteiger partial charge in [-0.1, -0.05) is 58.0 Å². The van der Waals surface area contributed by atoms with Crippen LogP contribution in [0.25, 0.3) is 0 Å². The summed E-state index contributed by atoms with van der Waals surface area (Å²) in [6, 6.07) is 10.7. The molecule has 0 saturated heterocycles. The summed E-state index contributed by atoms with van der Waals surface area (Å²) in [6.07, 6.45) is 3.77. The molecular formula is C26H34N2O2S. The van der Waals surface area contributed by atoms with Crippen LogP contribution in [0.2, 0.25) is 0 Å². The van der Waals surface area contributed by atoms with Gasteiger partial charge in [-0.3, -0.25) is 9.59 Å². The molecule has 4 nitrogen and oxygen atoms in total. The number of nitrogens with zero attached hydrogens (tertiary/aromatic N) is 2. The fourth-order valence-corrected chi connectivity index (χ4v) is 5.05. The largest absolute Gasteiger partial charge is 0.330 e. The molecule has 0 saturated carbocycles. The Balaban J connectivity index is 1.90. The van der Waals surface area contributed by atoms with Crippen LogP contribution in [-0.2, 0) is 21.4 Å². The standard InChI is InChI=1S/C26H34N2O2S/c1-6-8-23(29)27(15-7-2)18-24(30)28-16-13-22-21(14-17-31-22)25(28)19-9-11-20(12-10-19)26(3,4)5/h7,9-12,14,17,25H,2,6,8,13,15-16,18H2,1,3-5H3. The number of hydrogen-bond donors (Lipinski definition) is 0. The van der Waals surface area contributed by atoms with E-state index in [9.17, 15) is 9.59 Å². The van der Waals surface area contributed by atoms with Crippen LogP contribution in [0.15, 0.2) is 48.4 Å². The molecule has 0 radical (unpaired) electrons. The molecule has 1 aliphatic rings. The number of carbonyl (C=O) groups is 2. The average molecular weight is 439 g/mol. The Hall–Kier alpha value is -2.40. The van der Waals surface area contributed by atoms with E-state index in [-0.39, 0.29) is 29.8 Å². The lowest BCUT2D eigenvalue weighted by Crippen LogP contribution is -2.46. The van der Waals surface area contributed by atoms with Gasteiger partial charge in [0, 0.05) is 24.4 Å². The summed E-state index contributed by atoms with van der Waals surface area (Å²) in [7, 11) is 0. The van der Waals surface area contributed by atoms with Crippen molar-refractivity contribution in [1.82, 2.24) is 9.80 Å². The summed E-state index contributed by atoms with van der Waals surface area (Å²) >= 11 is 1.76. The molecule has 0 bridgehead atoms. The molecule has 1 unspecified atom stereocenters. The summed E-state index contributed by atoms with van der Waals surface area (Å²) in [5.74, 6) is 0.00288. The van der Waals surface area contributed by atoms with Crippen LogP contribution in [0.4, 0.5) is 0 Å². The van der Waals surface area contributed by atoms with E-state index in [1.165, 1.54) is 16.0 Å². The number of benzene rings is 1. The van der Waals surface area contributed by atoms with Crippen molar-refractivity contribution < 1.29 is 9.59 Å². The molecule has 0 spiro atoms. The Kier molecular flexibility index (Phi) is 7.37. The van der Waals surface area contributed by atoms with Gasteiger partial charge < -0.3 is 9.80 Å². The molecule has 1 aromatic heterocycles. The molecule has 1 aliphatic heterocycles. The van der Waals surface area contributed by atoms with Gasteiger partial charge in [0.15, 0.2) is 0 Å². The van der Waals surface area contributed by atoms with E-state index >= 15 is 0 Å². The maximum absolute atomic E-state index is 13.4. The highest BCUT2D eigenvalue weighted by Gasteiger charge is 2.34. The van der Waals surface area contributed by atoms with Crippen molar-refractivity contribution in [3.05, 3.63) is 69.9 Å². The van der Waals surface area contributed by atoms with E-state index in [1.54, 1.807) is 22.3 Å². The van der Waals surface area contributed by atoms with Crippen LogP contribution in [0, 0.1) is 0 Å². The molecule has 1 atom stereocenters. The minimum absolute atomic E-state index is 0.00643. The molecule has 2 heterocycles. The molecule has 2 amide bonds. The van der Waals surface area contributed by atoms with Crippen LogP contribution < -0.4 is 0 Å². The van der Waals surface area contributed by atoms with Crippen LogP contribution in [0.5, 0.6) is 0 Å². The van der Waals surface area contributed by atoms with Gasteiger partial charge in [0.2, 0.25) is 11.8 Å². The summed E-state index contributed by atoms with van der Waals surface area (Å²) in [5.41, 5.74) is 3.69. The Morgan fingerprint density at radius 3 is 2.55 bits per heavy atom. The Morgan fingerprint density at radius 2 is 1.94 bits per heavy atom. The van der Waals surface area contributed by atoms with Crippen molar-refractivity contribution in [3.8, 4) is 0 Å². The molecule has 1 aromatic carbocycles. The normalized spacial score (nSPS) is 16.0. The van der Waals surface area contributed by atoms with E-state index in [4.69, 9.17) is 0 Å². The first-order valence-corrected chi connectivity index (χ1v) is 12.0.